The maximum Gasteiger partial charge on any atom is 0.471 e. The summed E-state index contributed by atoms with van der Waals surface area (Å²) in [6.45, 7) is 1.72. The normalized spacial score (nSPS) is 18.3. The molecule has 0 spiro atoms. The van der Waals surface area contributed by atoms with Crippen molar-refractivity contribution in [3.8, 4) is 0 Å². The summed E-state index contributed by atoms with van der Waals surface area (Å²) in [5.41, 5.74) is 2.95. The minimum absolute atomic E-state index is 0.114. The van der Waals surface area contributed by atoms with Crippen LogP contribution in [0.2, 0.25) is 0 Å². The van der Waals surface area contributed by atoms with Crippen molar-refractivity contribution in [2.24, 2.45) is 0 Å². The summed E-state index contributed by atoms with van der Waals surface area (Å²) in [7, 11) is 3.74. The number of likely N-dealkylation sites (N-methyl/N-ethyl adjacent to an activating group) is 1. The molecule has 32 heavy (non-hydrogen) atoms. The molecule has 1 aliphatic heterocycles. The molecule has 3 rings (SSSR count). The fraction of sp³-hybridized carbons (Fsp3) is 0.583. The highest BCUT2D eigenvalue weighted by molar-refractivity contribution is 5.97. The van der Waals surface area contributed by atoms with Gasteiger partial charge in [0.15, 0.2) is 0 Å². The first-order chi connectivity index (χ1) is 15.1. The number of nitrogens with one attached hydrogen (secondary N) is 1. The predicted molar refractivity (Wildman–Crippen MR) is 119 cm³/mol. The van der Waals surface area contributed by atoms with Gasteiger partial charge in [0.05, 0.1) is 6.54 Å². The second-order valence-electron chi connectivity index (χ2n) is 8.98. The Morgan fingerprint density at radius 2 is 1.84 bits per heavy atom. The Kier molecular flexibility index (Phi) is 7.98. The van der Waals surface area contributed by atoms with Gasteiger partial charge in [-0.15, -0.1) is 0 Å². The van der Waals surface area contributed by atoms with Gasteiger partial charge in [0, 0.05) is 24.3 Å². The zero-order chi connectivity index (χ0) is 23.3. The lowest BCUT2D eigenvalue weighted by Crippen LogP contribution is -2.42. The number of hydrogen-bond acceptors (Lipinski definition) is 3. The highest BCUT2D eigenvalue weighted by atomic mass is 19.4. The van der Waals surface area contributed by atoms with E-state index in [1.54, 1.807) is 6.07 Å². The summed E-state index contributed by atoms with van der Waals surface area (Å²) in [5, 5.41) is 2.08. The van der Waals surface area contributed by atoms with Gasteiger partial charge in [-0.1, -0.05) is 18.6 Å². The number of carbonyl (C=O) groups is 2. The Hall–Kier alpha value is -2.35. The molecule has 1 aliphatic carbocycles. The van der Waals surface area contributed by atoms with Crippen molar-refractivity contribution in [2.75, 3.05) is 39.0 Å². The number of nitrogens with zero attached hydrogens (tertiary/aromatic N) is 2. The number of anilines is 1. The molecule has 2 amide bonds. The monoisotopic (exact) mass is 451 g/mol. The van der Waals surface area contributed by atoms with Gasteiger partial charge >= 0.3 is 12.1 Å². The van der Waals surface area contributed by atoms with E-state index in [2.05, 4.69) is 11.4 Å². The number of allylic oxidation sites excluding steroid dienone is 2. The van der Waals surface area contributed by atoms with Crippen LogP contribution < -0.4 is 5.32 Å². The molecular formula is C24H32F3N3O2. The molecule has 0 unspecified atom stereocenters. The van der Waals surface area contributed by atoms with Crippen LogP contribution >= 0.6 is 0 Å². The Morgan fingerprint density at radius 3 is 2.50 bits per heavy atom. The Morgan fingerprint density at radius 1 is 1.12 bits per heavy atom. The molecule has 1 fully saturated rings. The van der Waals surface area contributed by atoms with E-state index in [1.165, 1.54) is 0 Å². The quantitative estimate of drug-likeness (QED) is 0.700. The van der Waals surface area contributed by atoms with Crippen LogP contribution in [0.15, 0.2) is 24.3 Å². The maximum atomic E-state index is 12.9. The van der Waals surface area contributed by atoms with Gasteiger partial charge in [-0.25, -0.2) is 0 Å². The van der Waals surface area contributed by atoms with Crippen LogP contribution in [-0.4, -0.2) is 61.5 Å². The van der Waals surface area contributed by atoms with Crippen molar-refractivity contribution in [2.45, 2.75) is 57.0 Å². The molecular weight excluding hydrogens is 419 g/mol. The van der Waals surface area contributed by atoms with Crippen LogP contribution in [0, 0.1) is 0 Å². The fourth-order valence-electron chi connectivity index (χ4n) is 4.48. The van der Waals surface area contributed by atoms with Gasteiger partial charge < -0.3 is 15.1 Å². The number of amides is 2. The van der Waals surface area contributed by atoms with Crippen LogP contribution in [0.5, 0.6) is 0 Å². The molecule has 0 saturated carbocycles. The standard InChI is InChI=1S/C24H32F3N3O2/c1-29(2)16-22(31)30-13-11-17(12-14-30)19-9-10-21(28-23(32)24(25,26)27)20(15-19)18-7-5-3-4-6-8-18/h7,9-10,15,17H,3-6,8,11-14,16H2,1-2H3,(H,28,32). The molecule has 1 aromatic carbocycles. The molecule has 0 atom stereocenters. The minimum atomic E-state index is -4.93. The van der Waals surface area contributed by atoms with Crippen LogP contribution in [0.4, 0.5) is 18.9 Å². The van der Waals surface area contributed by atoms with E-state index < -0.39 is 12.1 Å². The highest BCUT2D eigenvalue weighted by Crippen LogP contribution is 2.36. The van der Waals surface area contributed by atoms with E-state index in [9.17, 15) is 22.8 Å². The molecule has 5 nitrogen and oxygen atoms in total. The van der Waals surface area contributed by atoms with Crippen molar-refractivity contribution in [3.05, 3.63) is 35.4 Å². The number of piperidine rings is 1. The first kappa shape index (κ1) is 24.3. The highest BCUT2D eigenvalue weighted by Gasteiger charge is 2.39. The predicted octanol–water partition coefficient (Wildman–Crippen LogP) is 4.80. The van der Waals surface area contributed by atoms with Gasteiger partial charge in [-0.2, -0.15) is 13.2 Å². The maximum absolute atomic E-state index is 12.9. The molecule has 1 aromatic rings. The lowest BCUT2D eigenvalue weighted by atomic mass is 9.86. The molecule has 0 bridgehead atoms. The number of likely N-dealkylation sites (tertiary alicyclic amines) is 1. The van der Waals surface area contributed by atoms with Crippen molar-refractivity contribution < 1.29 is 22.8 Å². The van der Waals surface area contributed by atoms with Gasteiger partial charge in [-0.05, 0) is 81.8 Å². The molecule has 0 aromatic heterocycles. The summed E-state index contributed by atoms with van der Waals surface area (Å²) < 4.78 is 38.6. The summed E-state index contributed by atoms with van der Waals surface area (Å²) in [4.78, 5) is 27.7. The largest absolute Gasteiger partial charge is 0.471 e. The molecule has 0 radical (unpaired) electrons. The Balaban J connectivity index is 1.81. The van der Waals surface area contributed by atoms with Crippen LogP contribution in [-0.2, 0) is 9.59 Å². The lowest BCUT2D eigenvalue weighted by molar-refractivity contribution is -0.167. The van der Waals surface area contributed by atoms with Gasteiger partial charge in [-0.3, -0.25) is 9.59 Å². The summed E-state index contributed by atoms with van der Waals surface area (Å²) in [5.74, 6) is -1.60. The number of alkyl halides is 3. The van der Waals surface area contributed by atoms with Crippen LogP contribution in [0.1, 0.15) is 62.0 Å². The SMILES string of the molecule is CN(C)CC(=O)N1CCC(c2ccc(NC(=O)C(F)(F)F)c(C3=CCCCCC3)c2)CC1. The van der Waals surface area contributed by atoms with Gasteiger partial charge in [0.25, 0.3) is 0 Å². The van der Waals surface area contributed by atoms with Crippen molar-refractivity contribution >= 4 is 23.1 Å². The van der Waals surface area contributed by atoms with E-state index >= 15 is 0 Å². The lowest BCUT2D eigenvalue weighted by Gasteiger charge is -2.33. The molecule has 1 saturated heterocycles. The smallest absolute Gasteiger partial charge is 0.342 e. The van der Waals surface area contributed by atoms with E-state index in [0.717, 1.165) is 56.1 Å². The van der Waals surface area contributed by atoms with Gasteiger partial charge in [0.1, 0.15) is 0 Å². The average Bonchev–Trinajstić information content (AvgIpc) is 3.02. The number of rotatable bonds is 5. The third-order valence-electron chi connectivity index (χ3n) is 6.21. The topological polar surface area (TPSA) is 52.7 Å². The number of halogens is 3. The zero-order valence-electron chi connectivity index (χ0n) is 18.8. The third-order valence-corrected chi connectivity index (χ3v) is 6.21. The molecule has 8 heteroatoms. The Bertz CT molecular complexity index is 857. The fourth-order valence-corrected chi connectivity index (χ4v) is 4.48. The minimum Gasteiger partial charge on any atom is -0.342 e. The zero-order valence-corrected chi connectivity index (χ0v) is 18.8. The summed E-state index contributed by atoms with van der Waals surface area (Å²) >= 11 is 0. The van der Waals surface area contributed by atoms with E-state index in [-0.39, 0.29) is 17.5 Å². The molecule has 2 aliphatic rings. The number of carbonyl (C=O) groups excluding carboxylic acids is 2. The number of hydrogen-bond donors (Lipinski definition) is 1. The van der Waals surface area contributed by atoms with E-state index in [0.29, 0.717) is 25.2 Å². The number of benzene rings is 1. The first-order valence-corrected chi connectivity index (χ1v) is 11.3. The van der Waals surface area contributed by atoms with Crippen LogP contribution in [0.25, 0.3) is 5.57 Å². The van der Waals surface area contributed by atoms with E-state index in [4.69, 9.17) is 0 Å². The van der Waals surface area contributed by atoms with E-state index in [1.807, 2.05) is 36.0 Å². The summed E-state index contributed by atoms with van der Waals surface area (Å²) in [6.07, 6.45) is 3.59. The van der Waals surface area contributed by atoms with Crippen molar-refractivity contribution in [1.29, 1.82) is 0 Å². The van der Waals surface area contributed by atoms with Crippen LogP contribution in [0.3, 0.4) is 0 Å². The molecule has 1 heterocycles. The third kappa shape index (κ3) is 6.34. The summed E-state index contributed by atoms with van der Waals surface area (Å²) in [6, 6.07) is 5.36. The second-order valence-corrected chi connectivity index (χ2v) is 8.98. The van der Waals surface area contributed by atoms with Crippen molar-refractivity contribution in [3.63, 3.8) is 0 Å². The first-order valence-electron chi connectivity index (χ1n) is 11.3. The molecule has 176 valence electrons. The molecule has 1 N–H and O–H groups in total. The Labute approximate surface area is 187 Å². The second kappa shape index (κ2) is 10.5. The van der Waals surface area contributed by atoms with Crippen molar-refractivity contribution in [1.82, 2.24) is 9.80 Å². The van der Waals surface area contributed by atoms with Gasteiger partial charge in [0.2, 0.25) is 5.91 Å². The average molecular weight is 452 g/mol.